The maximum Gasteiger partial charge on any atom is 0.416 e. The number of alkyl halides is 4. The number of carbonyl (C=O) groups is 2. The largest absolute Gasteiger partial charge is 0.416 e. The number of aromatic nitrogens is 2. The van der Waals surface area contributed by atoms with E-state index in [2.05, 4.69) is 15.3 Å². The van der Waals surface area contributed by atoms with Crippen LogP contribution in [0.3, 0.4) is 0 Å². The molecule has 3 aromatic rings. The fourth-order valence-electron chi connectivity index (χ4n) is 4.87. The monoisotopic (exact) mass is 605 g/mol. The van der Waals surface area contributed by atoms with Gasteiger partial charge in [0, 0.05) is 25.4 Å². The molecule has 1 aliphatic heterocycles. The lowest BCUT2D eigenvalue weighted by Crippen LogP contribution is -2.40. The lowest BCUT2D eigenvalue weighted by atomic mass is 10.0. The SMILES string of the molecule is CC(F)C(=O)N1Cc2cc(S(C)(=O)=O)ccc2[C@@H]1C(=O)Nc1cnc(N(Cc2ccc(C(F)(F)F)cc2)C2CC2)nc1. The summed E-state index contributed by atoms with van der Waals surface area (Å²) < 4.78 is 76.8. The highest BCUT2D eigenvalue weighted by Gasteiger charge is 2.40. The summed E-state index contributed by atoms with van der Waals surface area (Å²) in [5, 5.41) is 2.65. The lowest BCUT2D eigenvalue weighted by Gasteiger charge is -2.25. The first kappa shape index (κ1) is 29.4. The number of hydrogen-bond acceptors (Lipinski definition) is 7. The van der Waals surface area contributed by atoms with Gasteiger partial charge in [-0.05, 0) is 60.7 Å². The van der Waals surface area contributed by atoms with Crippen molar-refractivity contribution in [2.75, 3.05) is 16.5 Å². The Hall–Kier alpha value is -4.07. The van der Waals surface area contributed by atoms with Gasteiger partial charge in [-0.15, -0.1) is 0 Å². The zero-order chi connectivity index (χ0) is 30.4. The molecule has 1 aromatic heterocycles. The molecule has 0 saturated heterocycles. The average molecular weight is 606 g/mol. The summed E-state index contributed by atoms with van der Waals surface area (Å²) in [5.41, 5.74) is 0.921. The first-order valence-corrected chi connectivity index (χ1v) is 14.9. The Balaban J connectivity index is 1.34. The minimum Gasteiger partial charge on any atom is -0.334 e. The highest BCUT2D eigenvalue weighted by atomic mass is 32.2. The first-order valence-electron chi connectivity index (χ1n) is 13.1. The van der Waals surface area contributed by atoms with Gasteiger partial charge in [0.2, 0.25) is 5.95 Å². The second-order valence-electron chi connectivity index (χ2n) is 10.4. The van der Waals surface area contributed by atoms with Crippen molar-refractivity contribution in [1.82, 2.24) is 14.9 Å². The maximum atomic E-state index is 14.0. The van der Waals surface area contributed by atoms with E-state index >= 15 is 0 Å². The number of anilines is 2. The Labute approximate surface area is 239 Å². The Bertz CT molecular complexity index is 1610. The van der Waals surface area contributed by atoms with Crippen LogP contribution in [-0.2, 0) is 38.7 Å². The highest BCUT2D eigenvalue weighted by Crippen LogP contribution is 2.37. The fourth-order valence-corrected chi connectivity index (χ4v) is 5.54. The smallest absolute Gasteiger partial charge is 0.334 e. The second-order valence-corrected chi connectivity index (χ2v) is 12.4. The van der Waals surface area contributed by atoms with Crippen LogP contribution in [0.1, 0.15) is 48.1 Å². The normalized spacial score (nSPS) is 17.5. The minimum atomic E-state index is -4.42. The van der Waals surface area contributed by atoms with Crippen molar-refractivity contribution in [3.8, 4) is 0 Å². The molecule has 0 radical (unpaired) electrons. The maximum absolute atomic E-state index is 14.0. The summed E-state index contributed by atoms with van der Waals surface area (Å²) in [6.07, 6.45) is -0.776. The lowest BCUT2D eigenvalue weighted by molar-refractivity contribution is -0.142. The molecule has 5 rings (SSSR count). The molecule has 2 aromatic carbocycles. The summed E-state index contributed by atoms with van der Waals surface area (Å²) in [6, 6.07) is 7.96. The highest BCUT2D eigenvalue weighted by molar-refractivity contribution is 7.90. The van der Waals surface area contributed by atoms with Crippen LogP contribution < -0.4 is 10.2 Å². The zero-order valence-electron chi connectivity index (χ0n) is 22.6. The first-order chi connectivity index (χ1) is 19.7. The van der Waals surface area contributed by atoms with Crippen LogP contribution >= 0.6 is 0 Å². The number of benzene rings is 2. The number of carbonyl (C=O) groups excluding carboxylic acids is 2. The topological polar surface area (TPSA) is 113 Å². The molecule has 1 unspecified atom stereocenters. The zero-order valence-corrected chi connectivity index (χ0v) is 23.4. The molecule has 1 fully saturated rings. The Morgan fingerprint density at radius 1 is 1.10 bits per heavy atom. The molecule has 2 atom stereocenters. The quantitative estimate of drug-likeness (QED) is 0.378. The van der Waals surface area contributed by atoms with Gasteiger partial charge in [-0.2, -0.15) is 13.2 Å². The number of rotatable bonds is 8. The third kappa shape index (κ3) is 6.22. The summed E-state index contributed by atoms with van der Waals surface area (Å²) in [4.78, 5) is 37.7. The van der Waals surface area contributed by atoms with E-state index in [1.54, 1.807) is 0 Å². The number of nitrogens with zero attached hydrogens (tertiary/aromatic N) is 4. The molecule has 222 valence electrons. The van der Waals surface area contributed by atoms with Crippen LogP contribution in [0.5, 0.6) is 0 Å². The molecule has 2 aliphatic rings. The van der Waals surface area contributed by atoms with Gasteiger partial charge in [-0.25, -0.2) is 22.8 Å². The van der Waals surface area contributed by atoms with Crippen LogP contribution in [-0.4, -0.2) is 53.6 Å². The number of nitrogens with one attached hydrogen (secondary N) is 1. The Kier molecular flexibility index (Phi) is 7.68. The van der Waals surface area contributed by atoms with Crippen molar-refractivity contribution in [3.63, 3.8) is 0 Å². The molecule has 2 heterocycles. The van der Waals surface area contributed by atoms with Crippen molar-refractivity contribution >= 4 is 33.3 Å². The third-order valence-electron chi connectivity index (χ3n) is 7.15. The van der Waals surface area contributed by atoms with Crippen molar-refractivity contribution in [2.24, 2.45) is 0 Å². The minimum absolute atomic E-state index is 0.0171. The Morgan fingerprint density at radius 3 is 2.29 bits per heavy atom. The number of amides is 2. The van der Waals surface area contributed by atoms with E-state index in [0.29, 0.717) is 29.2 Å². The van der Waals surface area contributed by atoms with Crippen molar-refractivity contribution in [3.05, 3.63) is 77.1 Å². The number of fused-ring (bicyclic) bond motifs is 1. The van der Waals surface area contributed by atoms with Gasteiger partial charge in [0.25, 0.3) is 11.8 Å². The Morgan fingerprint density at radius 2 is 1.74 bits per heavy atom. The molecule has 1 saturated carbocycles. The predicted octanol–water partition coefficient (Wildman–Crippen LogP) is 4.45. The van der Waals surface area contributed by atoms with Crippen LogP contribution in [0.25, 0.3) is 0 Å². The number of sulfone groups is 1. The summed E-state index contributed by atoms with van der Waals surface area (Å²) in [7, 11) is -3.55. The summed E-state index contributed by atoms with van der Waals surface area (Å²) >= 11 is 0. The van der Waals surface area contributed by atoms with Crippen LogP contribution in [0.4, 0.5) is 29.2 Å². The predicted molar refractivity (Wildman–Crippen MR) is 145 cm³/mol. The van der Waals surface area contributed by atoms with Crippen LogP contribution in [0, 0.1) is 0 Å². The van der Waals surface area contributed by atoms with Gasteiger partial charge in [-0.3, -0.25) is 9.59 Å². The summed E-state index contributed by atoms with van der Waals surface area (Å²) in [6.45, 7) is 1.21. The standard InChI is InChI=1S/C28H27F4N5O4S/c1-16(29)26(39)37-15-18-11-22(42(2,40)41)9-10-23(18)24(37)25(38)35-20-12-33-27(34-13-20)36(21-7-8-21)14-17-3-5-19(6-4-17)28(30,31)32/h3-6,9-13,16,21,24H,7-8,14-15H2,1-2H3,(H,35,38)/t16?,24-/m1/s1. The molecule has 9 nitrogen and oxygen atoms in total. The molecule has 42 heavy (non-hydrogen) atoms. The molecule has 0 bridgehead atoms. The fraction of sp³-hybridized carbons (Fsp3) is 0.357. The van der Waals surface area contributed by atoms with Crippen molar-refractivity contribution < 1.29 is 35.6 Å². The number of hydrogen-bond donors (Lipinski definition) is 1. The molecule has 2 amide bonds. The second kappa shape index (κ2) is 11.0. The molecular weight excluding hydrogens is 578 g/mol. The van der Waals surface area contributed by atoms with Crippen LogP contribution in [0.15, 0.2) is 59.8 Å². The molecule has 14 heteroatoms. The van der Waals surface area contributed by atoms with E-state index in [9.17, 15) is 35.6 Å². The van der Waals surface area contributed by atoms with Gasteiger partial charge in [0.15, 0.2) is 16.0 Å². The van der Waals surface area contributed by atoms with Crippen LogP contribution in [0.2, 0.25) is 0 Å². The molecule has 0 spiro atoms. The molecule has 1 aliphatic carbocycles. The van der Waals surface area contributed by atoms with Gasteiger partial charge in [0.05, 0.1) is 28.5 Å². The van der Waals surface area contributed by atoms with Gasteiger partial charge in [-0.1, -0.05) is 18.2 Å². The van der Waals surface area contributed by atoms with E-state index < -0.39 is 45.6 Å². The van der Waals surface area contributed by atoms with E-state index in [-0.39, 0.29) is 23.2 Å². The molecule has 1 N–H and O–H groups in total. The van der Waals surface area contributed by atoms with Crippen molar-refractivity contribution in [1.29, 1.82) is 0 Å². The van der Waals surface area contributed by atoms with E-state index in [1.807, 2.05) is 4.90 Å². The van der Waals surface area contributed by atoms with Gasteiger partial charge >= 0.3 is 6.18 Å². The third-order valence-corrected chi connectivity index (χ3v) is 8.26. The van der Waals surface area contributed by atoms with Gasteiger partial charge < -0.3 is 15.1 Å². The summed E-state index contributed by atoms with van der Waals surface area (Å²) in [5.74, 6) is -1.24. The number of halogens is 4. The average Bonchev–Trinajstić information content (AvgIpc) is 3.69. The van der Waals surface area contributed by atoms with Crippen molar-refractivity contribution in [2.45, 2.75) is 62.2 Å². The van der Waals surface area contributed by atoms with Gasteiger partial charge in [0.1, 0.15) is 6.04 Å². The van der Waals surface area contributed by atoms with E-state index in [0.717, 1.165) is 43.1 Å². The molecular formula is C28H27F4N5O4S. The van der Waals surface area contributed by atoms with E-state index in [4.69, 9.17) is 0 Å². The van der Waals surface area contributed by atoms with E-state index in [1.165, 1.54) is 42.7 Å².